The third-order valence-electron chi connectivity index (χ3n) is 14.5. The molecule has 9 heteroatoms. The zero-order chi connectivity index (χ0) is 51.3. The molecule has 0 aromatic carbocycles. The van der Waals surface area contributed by atoms with Crippen LogP contribution in [0.15, 0.2) is 12.2 Å². The van der Waals surface area contributed by atoms with E-state index >= 15 is 0 Å². The minimum atomic E-state index is -4.57. The first kappa shape index (κ1) is 69.2. The Balaban J connectivity index is 3.95. The molecule has 2 N–H and O–H groups in total. The van der Waals surface area contributed by atoms with Gasteiger partial charge in [-0.1, -0.05) is 289 Å². The van der Waals surface area contributed by atoms with Crippen molar-refractivity contribution in [3.05, 3.63) is 12.2 Å². The first-order chi connectivity index (χ1) is 34.0. The van der Waals surface area contributed by atoms with Gasteiger partial charge in [-0.2, -0.15) is 0 Å². The highest BCUT2D eigenvalue weighted by molar-refractivity contribution is 7.45. The van der Waals surface area contributed by atoms with Crippen molar-refractivity contribution >= 4 is 13.7 Å². The largest absolute Gasteiger partial charge is 0.756 e. The average Bonchev–Trinajstić information content (AvgIpc) is 3.32. The van der Waals surface area contributed by atoms with Crippen LogP contribution in [0.1, 0.15) is 322 Å². The molecule has 3 unspecified atom stereocenters. The maximum absolute atomic E-state index is 13.0. The van der Waals surface area contributed by atoms with Crippen LogP contribution < -0.4 is 10.2 Å². The van der Waals surface area contributed by atoms with E-state index < -0.39 is 20.0 Å². The summed E-state index contributed by atoms with van der Waals surface area (Å²) < 4.78 is 23.4. The predicted molar refractivity (Wildman–Crippen MR) is 302 cm³/mol. The van der Waals surface area contributed by atoms with Crippen LogP contribution in [-0.2, 0) is 18.4 Å². The van der Waals surface area contributed by atoms with Gasteiger partial charge >= 0.3 is 0 Å². The molecule has 0 fully saturated rings. The highest BCUT2D eigenvalue weighted by Crippen LogP contribution is 2.38. The van der Waals surface area contributed by atoms with Crippen molar-refractivity contribution in [2.75, 3.05) is 40.9 Å². The second kappa shape index (κ2) is 53.1. The molecule has 0 bridgehead atoms. The quantitative estimate of drug-likeness (QED) is 0.0272. The summed E-state index contributed by atoms with van der Waals surface area (Å²) in [5, 5.41) is 14.0. The van der Waals surface area contributed by atoms with Crippen molar-refractivity contribution in [3.8, 4) is 0 Å². The number of nitrogens with zero attached hydrogens (tertiary/aromatic N) is 1. The van der Waals surface area contributed by atoms with Gasteiger partial charge in [0.05, 0.1) is 39.9 Å². The second-order valence-electron chi connectivity index (χ2n) is 22.8. The molecule has 1 amide bonds. The number of allylic oxidation sites excluding steroid dienone is 2. The summed E-state index contributed by atoms with van der Waals surface area (Å²) in [4.78, 5) is 25.5. The number of quaternary nitrogens is 1. The number of likely N-dealkylation sites (N-methyl/N-ethyl adjacent to an activating group) is 1. The van der Waals surface area contributed by atoms with Crippen molar-refractivity contribution in [1.82, 2.24) is 5.32 Å². The van der Waals surface area contributed by atoms with E-state index in [1.54, 1.807) is 0 Å². The molecule has 3 atom stereocenters. The predicted octanol–water partition coefficient (Wildman–Crippen LogP) is 18.4. The number of rotatable bonds is 58. The van der Waals surface area contributed by atoms with Crippen LogP contribution >= 0.6 is 7.82 Å². The van der Waals surface area contributed by atoms with Crippen LogP contribution in [0.2, 0.25) is 0 Å². The van der Waals surface area contributed by atoms with Gasteiger partial charge in [0, 0.05) is 6.42 Å². The Morgan fingerprint density at radius 2 is 0.786 bits per heavy atom. The van der Waals surface area contributed by atoms with Crippen LogP contribution in [0.5, 0.6) is 0 Å². The summed E-state index contributed by atoms with van der Waals surface area (Å²) in [7, 11) is 1.32. The maximum atomic E-state index is 13.0. The first-order valence-electron chi connectivity index (χ1n) is 31.0. The Morgan fingerprint density at radius 3 is 1.11 bits per heavy atom. The number of nitrogens with one attached hydrogen (secondary N) is 1. The summed E-state index contributed by atoms with van der Waals surface area (Å²) >= 11 is 0. The number of amides is 1. The molecule has 0 saturated heterocycles. The number of hydrogen-bond donors (Lipinski definition) is 2. The lowest BCUT2D eigenvalue weighted by molar-refractivity contribution is -0.870. The molecule has 70 heavy (non-hydrogen) atoms. The minimum absolute atomic E-state index is 0.0156. The second-order valence-corrected chi connectivity index (χ2v) is 24.2. The highest BCUT2D eigenvalue weighted by atomic mass is 31.2. The molecular weight excluding hydrogens is 888 g/mol. The van der Waals surface area contributed by atoms with Gasteiger partial charge in [0.15, 0.2) is 0 Å². The lowest BCUT2D eigenvalue weighted by Gasteiger charge is -2.30. The Kier molecular flexibility index (Phi) is 52.5. The number of unbranched alkanes of at least 4 members (excludes halogenated alkanes) is 43. The zero-order valence-electron chi connectivity index (χ0n) is 47.8. The van der Waals surface area contributed by atoms with Crippen molar-refractivity contribution in [2.24, 2.45) is 0 Å². The number of phosphoric acid groups is 1. The molecule has 0 saturated carbocycles. The fourth-order valence-electron chi connectivity index (χ4n) is 9.63. The number of aliphatic hydroxyl groups is 1. The van der Waals surface area contributed by atoms with Gasteiger partial charge in [-0.05, 0) is 38.5 Å². The van der Waals surface area contributed by atoms with Crippen LogP contribution in [0.4, 0.5) is 0 Å². The lowest BCUT2D eigenvalue weighted by atomic mass is 10.0. The van der Waals surface area contributed by atoms with E-state index in [-0.39, 0.29) is 19.1 Å². The Hall–Kier alpha value is -0.760. The molecule has 0 heterocycles. The standard InChI is InChI=1S/C61H123N2O6P/c1-6-8-10-12-14-16-18-20-22-23-24-25-26-27-28-29-30-31-32-33-34-35-36-37-38-39-41-43-45-47-49-51-53-55-61(65)62-59(58-69-70(66,67)68-57-56-63(3,4)5)60(64)54-52-50-48-46-44-42-40-21-19-17-15-13-11-9-7-2/h23-24,59-60,64H,6-22,25-58H2,1-5H3,(H-,62,65,66,67)/b24-23-. The van der Waals surface area contributed by atoms with E-state index in [0.717, 1.165) is 38.5 Å². The Morgan fingerprint density at radius 1 is 0.486 bits per heavy atom. The monoisotopic (exact) mass is 1010 g/mol. The van der Waals surface area contributed by atoms with E-state index in [1.807, 2.05) is 21.1 Å². The normalized spacial score (nSPS) is 13.9. The van der Waals surface area contributed by atoms with Gasteiger partial charge in [-0.15, -0.1) is 0 Å². The van der Waals surface area contributed by atoms with Crippen LogP contribution in [0.25, 0.3) is 0 Å². The van der Waals surface area contributed by atoms with Gasteiger partial charge in [0.25, 0.3) is 7.82 Å². The van der Waals surface area contributed by atoms with E-state index in [2.05, 4.69) is 31.3 Å². The number of hydrogen-bond acceptors (Lipinski definition) is 6. The molecule has 0 spiro atoms. The molecule has 0 radical (unpaired) electrons. The van der Waals surface area contributed by atoms with Crippen LogP contribution in [0.3, 0.4) is 0 Å². The van der Waals surface area contributed by atoms with Crippen molar-refractivity contribution in [1.29, 1.82) is 0 Å². The molecule has 0 aliphatic heterocycles. The van der Waals surface area contributed by atoms with Crippen molar-refractivity contribution in [2.45, 2.75) is 334 Å². The fourth-order valence-corrected chi connectivity index (χ4v) is 10.4. The van der Waals surface area contributed by atoms with Crippen LogP contribution in [-0.4, -0.2) is 68.5 Å². The average molecular weight is 1010 g/mol. The zero-order valence-corrected chi connectivity index (χ0v) is 48.6. The summed E-state index contributed by atoms with van der Waals surface area (Å²) in [6, 6.07) is -0.796. The summed E-state index contributed by atoms with van der Waals surface area (Å²) in [5.41, 5.74) is 0. The van der Waals surface area contributed by atoms with E-state index in [0.29, 0.717) is 23.9 Å². The third kappa shape index (κ3) is 55.0. The molecule has 418 valence electrons. The van der Waals surface area contributed by atoms with Gasteiger partial charge in [-0.25, -0.2) is 0 Å². The highest BCUT2D eigenvalue weighted by Gasteiger charge is 2.24. The SMILES string of the molecule is CCCCCCCCCC/C=C\CCCCCCCCCCCCCCCCCCCCCCCC(=O)NC(COP(=O)([O-])OCC[N+](C)(C)C)C(O)CCCCCCCCCCCCCCCCC. The number of aliphatic hydroxyl groups excluding tert-OH is 1. The smallest absolute Gasteiger partial charge is 0.268 e. The minimum Gasteiger partial charge on any atom is -0.756 e. The Labute approximate surface area is 437 Å². The topological polar surface area (TPSA) is 108 Å². The molecule has 0 aliphatic carbocycles. The summed E-state index contributed by atoms with van der Waals surface area (Å²) in [5.74, 6) is -0.157. The van der Waals surface area contributed by atoms with Crippen molar-refractivity contribution in [3.63, 3.8) is 0 Å². The summed E-state index contributed by atoms with van der Waals surface area (Å²) in [6.07, 6.45) is 65.5. The number of carbonyl (C=O) groups is 1. The van der Waals surface area contributed by atoms with Crippen LogP contribution in [0, 0.1) is 0 Å². The molecule has 0 aromatic heterocycles. The Bertz CT molecular complexity index is 1150. The molecule has 8 nitrogen and oxygen atoms in total. The number of carbonyl (C=O) groups excluding carboxylic acids is 1. The van der Waals surface area contributed by atoms with E-state index in [4.69, 9.17) is 9.05 Å². The van der Waals surface area contributed by atoms with Gasteiger partial charge in [0.1, 0.15) is 13.2 Å². The van der Waals surface area contributed by atoms with E-state index in [9.17, 15) is 19.4 Å². The molecule has 0 rings (SSSR count). The van der Waals surface area contributed by atoms with E-state index in [1.165, 1.54) is 257 Å². The fraction of sp³-hybridized carbons (Fsp3) is 0.951. The lowest BCUT2D eigenvalue weighted by Crippen LogP contribution is -2.46. The molecule has 0 aromatic rings. The van der Waals surface area contributed by atoms with Crippen molar-refractivity contribution < 1.29 is 32.9 Å². The number of phosphoric ester groups is 1. The third-order valence-corrected chi connectivity index (χ3v) is 15.5. The summed E-state index contributed by atoms with van der Waals surface area (Å²) in [6.45, 7) is 4.77. The maximum Gasteiger partial charge on any atom is 0.268 e. The van der Waals surface area contributed by atoms with Gasteiger partial charge < -0.3 is 28.8 Å². The molecule has 0 aliphatic rings. The van der Waals surface area contributed by atoms with Gasteiger partial charge in [0.2, 0.25) is 5.91 Å². The van der Waals surface area contributed by atoms with Gasteiger partial charge in [-0.3, -0.25) is 9.36 Å². The first-order valence-corrected chi connectivity index (χ1v) is 32.5. The molecular formula is C61H123N2O6P.